The fourth-order valence-corrected chi connectivity index (χ4v) is 2.87. The molecule has 0 N–H and O–H groups in total. The Labute approximate surface area is 139 Å². The standard InChI is InChI=1S/C17H17ClN2O3/c1-11-5-6-13(10-14(11)18)20-8-7-19(12(2)16(20)21)17(22)15-4-3-9-23-15/h3-6,9-10,12H,7-8H2,1-2H3/t12-/m1/s1. The maximum atomic E-state index is 12.7. The van der Waals surface area contributed by atoms with Crippen molar-refractivity contribution in [2.45, 2.75) is 19.9 Å². The lowest BCUT2D eigenvalue weighted by atomic mass is 10.1. The average molecular weight is 333 g/mol. The molecule has 3 rings (SSSR count). The molecule has 5 nitrogen and oxygen atoms in total. The summed E-state index contributed by atoms with van der Waals surface area (Å²) in [5, 5.41) is 0.622. The Morgan fingerprint density at radius 3 is 2.74 bits per heavy atom. The number of benzene rings is 1. The van der Waals surface area contributed by atoms with Gasteiger partial charge in [-0.3, -0.25) is 9.59 Å². The number of rotatable bonds is 2. The smallest absolute Gasteiger partial charge is 0.290 e. The van der Waals surface area contributed by atoms with Crippen LogP contribution in [0.25, 0.3) is 0 Å². The highest BCUT2D eigenvalue weighted by molar-refractivity contribution is 6.31. The van der Waals surface area contributed by atoms with Crippen molar-refractivity contribution in [3.05, 3.63) is 52.9 Å². The van der Waals surface area contributed by atoms with Crippen LogP contribution in [0.15, 0.2) is 41.0 Å². The van der Waals surface area contributed by atoms with Gasteiger partial charge in [0.25, 0.3) is 5.91 Å². The second-order valence-electron chi connectivity index (χ2n) is 5.58. The minimum Gasteiger partial charge on any atom is -0.459 e. The lowest BCUT2D eigenvalue weighted by Crippen LogP contribution is -2.57. The van der Waals surface area contributed by atoms with Gasteiger partial charge in [-0.15, -0.1) is 0 Å². The second-order valence-corrected chi connectivity index (χ2v) is 5.98. The third-order valence-corrected chi connectivity index (χ3v) is 4.52. The number of aryl methyl sites for hydroxylation is 1. The number of hydrogen-bond donors (Lipinski definition) is 0. The van der Waals surface area contributed by atoms with Crippen molar-refractivity contribution in [1.82, 2.24) is 4.90 Å². The van der Waals surface area contributed by atoms with Crippen molar-refractivity contribution in [3.63, 3.8) is 0 Å². The first-order valence-corrected chi connectivity index (χ1v) is 7.79. The molecular weight excluding hydrogens is 316 g/mol. The summed E-state index contributed by atoms with van der Waals surface area (Å²) in [6, 6.07) is 8.24. The number of halogens is 1. The van der Waals surface area contributed by atoms with Gasteiger partial charge in [-0.05, 0) is 43.7 Å². The van der Waals surface area contributed by atoms with E-state index in [0.29, 0.717) is 18.1 Å². The predicted molar refractivity (Wildman–Crippen MR) is 87.7 cm³/mol. The quantitative estimate of drug-likeness (QED) is 0.849. The molecule has 1 fully saturated rings. The Balaban J connectivity index is 1.81. The monoisotopic (exact) mass is 332 g/mol. The molecule has 1 aromatic heterocycles. The molecule has 120 valence electrons. The number of hydrogen-bond acceptors (Lipinski definition) is 3. The zero-order chi connectivity index (χ0) is 16.6. The van der Waals surface area contributed by atoms with Crippen LogP contribution in [0.5, 0.6) is 0 Å². The molecule has 1 saturated heterocycles. The van der Waals surface area contributed by atoms with E-state index in [1.807, 2.05) is 19.1 Å². The highest BCUT2D eigenvalue weighted by Gasteiger charge is 2.36. The van der Waals surface area contributed by atoms with Gasteiger partial charge < -0.3 is 14.2 Å². The van der Waals surface area contributed by atoms with Crippen molar-refractivity contribution in [1.29, 1.82) is 0 Å². The molecule has 2 aromatic rings. The van der Waals surface area contributed by atoms with E-state index in [1.54, 1.807) is 30.0 Å². The third kappa shape index (κ3) is 2.84. The van der Waals surface area contributed by atoms with Gasteiger partial charge in [-0.2, -0.15) is 0 Å². The first kappa shape index (κ1) is 15.6. The highest BCUT2D eigenvalue weighted by atomic mass is 35.5. The molecule has 0 unspecified atom stereocenters. The zero-order valence-electron chi connectivity index (χ0n) is 13.0. The van der Waals surface area contributed by atoms with Gasteiger partial charge in [0.1, 0.15) is 6.04 Å². The van der Waals surface area contributed by atoms with Crippen molar-refractivity contribution in [3.8, 4) is 0 Å². The summed E-state index contributed by atoms with van der Waals surface area (Å²) in [4.78, 5) is 28.3. The maximum Gasteiger partial charge on any atom is 0.290 e. The second kappa shape index (κ2) is 6.08. The minimum absolute atomic E-state index is 0.129. The molecule has 0 radical (unpaired) electrons. The van der Waals surface area contributed by atoms with E-state index in [9.17, 15) is 9.59 Å². The van der Waals surface area contributed by atoms with Crippen molar-refractivity contribution >= 4 is 29.1 Å². The van der Waals surface area contributed by atoms with Gasteiger partial charge in [0.2, 0.25) is 5.91 Å². The molecule has 6 heteroatoms. The summed E-state index contributed by atoms with van der Waals surface area (Å²) >= 11 is 6.15. The summed E-state index contributed by atoms with van der Waals surface area (Å²) in [5.74, 6) is -0.148. The first-order chi connectivity index (χ1) is 11.0. The number of piperazine rings is 1. The van der Waals surface area contributed by atoms with Crippen molar-refractivity contribution < 1.29 is 14.0 Å². The molecule has 1 aliphatic rings. The van der Waals surface area contributed by atoms with Gasteiger partial charge in [0.05, 0.1) is 6.26 Å². The van der Waals surface area contributed by atoms with E-state index >= 15 is 0 Å². The van der Waals surface area contributed by atoms with Gasteiger partial charge in [0, 0.05) is 23.8 Å². The SMILES string of the molecule is Cc1ccc(N2CCN(C(=O)c3ccco3)[C@H](C)C2=O)cc1Cl. The molecule has 1 aliphatic heterocycles. The molecule has 0 spiro atoms. The number of carbonyl (C=O) groups is 2. The van der Waals surface area contributed by atoms with E-state index in [4.69, 9.17) is 16.0 Å². The van der Waals surface area contributed by atoms with E-state index < -0.39 is 6.04 Å². The topological polar surface area (TPSA) is 53.8 Å². The summed E-state index contributed by atoms with van der Waals surface area (Å²) in [5.41, 5.74) is 1.71. The summed E-state index contributed by atoms with van der Waals surface area (Å²) in [6.07, 6.45) is 1.45. The van der Waals surface area contributed by atoms with Crippen LogP contribution in [0, 0.1) is 6.92 Å². The van der Waals surface area contributed by atoms with E-state index in [-0.39, 0.29) is 17.6 Å². The van der Waals surface area contributed by atoms with Crippen molar-refractivity contribution in [2.75, 3.05) is 18.0 Å². The average Bonchev–Trinajstić information content (AvgIpc) is 3.06. The van der Waals surface area contributed by atoms with Gasteiger partial charge in [-0.1, -0.05) is 17.7 Å². The normalized spacial score (nSPS) is 18.4. The molecule has 1 aromatic carbocycles. The van der Waals surface area contributed by atoms with Crippen LogP contribution in [0.1, 0.15) is 23.0 Å². The Bertz CT molecular complexity index is 742. The van der Waals surface area contributed by atoms with Crippen molar-refractivity contribution in [2.24, 2.45) is 0 Å². The number of carbonyl (C=O) groups excluding carboxylic acids is 2. The molecule has 0 bridgehead atoms. The highest BCUT2D eigenvalue weighted by Crippen LogP contribution is 2.26. The Morgan fingerprint density at radius 1 is 1.30 bits per heavy atom. The molecule has 2 heterocycles. The molecular formula is C17H17ClN2O3. The van der Waals surface area contributed by atoms with Crippen LogP contribution in [-0.2, 0) is 4.79 Å². The zero-order valence-corrected chi connectivity index (χ0v) is 13.7. The molecule has 23 heavy (non-hydrogen) atoms. The fourth-order valence-electron chi connectivity index (χ4n) is 2.70. The maximum absolute atomic E-state index is 12.7. The number of amides is 2. The Hall–Kier alpha value is -2.27. The van der Waals surface area contributed by atoms with Crippen LogP contribution >= 0.6 is 11.6 Å². The van der Waals surface area contributed by atoms with E-state index in [2.05, 4.69) is 0 Å². The summed E-state index contributed by atoms with van der Waals surface area (Å²) in [6.45, 7) is 4.51. The van der Waals surface area contributed by atoms with Crippen LogP contribution in [0.2, 0.25) is 5.02 Å². The van der Waals surface area contributed by atoms with Gasteiger partial charge in [-0.25, -0.2) is 0 Å². The Morgan fingerprint density at radius 2 is 2.09 bits per heavy atom. The summed E-state index contributed by atoms with van der Waals surface area (Å²) < 4.78 is 5.14. The van der Waals surface area contributed by atoms with E-state index in [1.165, 1.54) is 11.2 Å². The minimum atomic E-state index is -0.554. The molecule has 0 saturated carbocycles. The molecule has 2 amide bonds. The predicted octanol–water partition coefficient (Wildman–Crippen LogP) is 3.12. The Kier molecular flexibility index (Phi) is 4.13. The van der Waals surface area contributed by atoms with E-state index in [0.717, 1.165) is 11.3 Å². The summed E-state index contributed by atoms with van der Waals surface area (Å²) in [7, 11) is 0. The van der Waals surface area contributed by atoms with Crippen LogP contribution in [-0.4, -0.2) is 35.8 Å². The van der Waals surface area contributed by atoms with Gasteiger partial charge >= 0.3 is 0 Å². The molecule has 0 aliphatic carbocycles. The van der Waals surface area contributed by atoms with Crippen LogP contribution in [0.4, 0.5) is 5.69 Å². The fraction of sp³-hybridized carbons (Fsp3) is 0.294. The number of nitrogens with zero attached hydrogens (tertiary/aromatic N) is 2. The number of furan rings is 1. The van der Waals surface area contributed by atoms with Gasteiger partial charge in [0.15, 0.2) is 5.76 Å². The number of anilines is 1. The lowest BCUT2D eigenvalue weighted by molar-refractivity contribution is -0.124. The van der Waals surface area contributed by atoms with Crippen LogP contribution in [0.3, 0.4) is 0 Å². The van der Waals surface area contributed by atoms with Crippen LogP contribution < -0.4 is 4.90 Å². The third-order valence-electron chi connectivity index (χ3n) is 4.12. The molecule has 1 atom stereocenters. The largest absolute Gasteiger partial charge is 0.459 e. The lowest BCUT2D eigenvalue weighted by Gasteiger charge is -2.38. The first-order valence-electron chi connectivity index (χ1n) is 7.41.